The van der Waals surface area contributed by atoms with Gasteiger partial charge in [-0.25, -0.2) is 14.2 Å². The number of hydrogen-bond acceptors (Lipinski definition) is 7. The minimum atomic E-state index is -0.882. The van der Waals surface area contributed by atoms with Gasteiger partial charge in [-0.3, -0.25) is 24.3 Å². The standard InChI is InChI=1S/C54H62N10O5/c55-51(56)57-30-16-27-46(50(67)58-38-40-17-15-18-41(35-40)39-62-52(68)63(44-23-9-3-10-24-44)64(53(62)69)45-25-11-4-12-26-45)59-47(65)36-54(28-13-14-29-54)37-48(66)60-31-33-61(34-32-60)49(42-19-5-1-6-20-42)43-21-7-2-8-22-43/h1-12,15,17-26,35,46,49H,13-14,16,27-34,36-39H2,(H,58,67)(H,59,65)(H4,55,56,57). The molecule has 0 radical (unpaired) electrons. The summed E-state index contributed by atoms with van der Waals surface area (Å²) in [5, 5.41) is 6.01. The normalized spacial score (nSPS) is 15.1. The van der Waals surface area contributed by atoms with Crippen molar-refractivity contribution in [1.29, 1.82) is 0 Å². The first kappa shape index (κ1) is 48.0. The van der Waals surface area contributed by atoms with E-state index in [0.717, 1.165) is 44.3 Å². The zero-order valence-electron chi connectivity index (χ0n) is 39.0. The van der Waals surface area contributed by atoms with Crippen LogP contribution in [0.3, 0.4) is 0 Å². The van der Waals surface area contributed by atoms with Crippen LogP contribution in [0, 0.1) is 5.41 Å². The molecule has 1 unspecified atom stereocenters. The summed E-state index contributed by atoms with van der Waals surface area (Å²) in [4.78, 5) is 78.4. The smallest absolute Gasteiger partial charge is 0.352 e. The van der Waals surface area contributed by atoms with Crippen LogP contribution in [0.25, 0.3) is 11.4 Å². The predicted octanol–water partition coefficient (Wildman–Crippen LogP) is 5.27. The molecule has 5 aromatic carbocycles. The zero-order valence-corrected chi connectivity index (χ0v) is 39.0. The fourth-order valence-corrected chi connectivity index (χ4v) is 9.99. The van der Waals surface area contributed by atoms with E-state index in [4.69, 9.17) is 11.5 Å². The highest BCUT2D eigenvalue weighted by molar-refractivity contribution is 5.88. The number of carbonyl (C=O) groups excluding carboxylic acids is 3. The highest BCUT2D eigenvalue weighted by Crippen LogP contribution is 2.44. The summed E-state index contributed by atoms with van der Waals surface area (Å²) in [5.41, 5.74) is 14.6. The first-order valence-electron chi connectivity index (χ1n) is 24.0. The summed E-state index contributed by atoms with van der Waals surface area (Å²) in [7, 11) is 0. The molecule has 2 fully saturated rings. The van der Waals surface area contributed by atoms with Gasteiger partial charge < -0.3 is 27.0 Å². The van der Waals surface area contributed by atoms with Crippen molar-refractivity contribution < 1.29 is 14.4 Å². The molecule has 8 rings (SSSR count). The molecule has 3 amide bonds. The monoisotopic (exact) mass is 930 g/mol. The third kappa shape index (κ3) is 12.0. The number of piperazine rings is 1. The third-order valence-corrected chi connectivity index (χ3v) is 13.4. The lowest BCUT2D eigenvalue weighted by atomic mass is 9.78. The van der Waals surface area contributed by atoms with Gasteiger partial charge in [0.2, 0.25) is 17.7 Å². The maximum Gasteiger partial charge on any atom is 0.352 e. The van der Waals surface area contributed by atoms with Gasteiger partial charge >= 0.3 is 11.4 Å². The molecule has 0 spiro atoms. The Morgan fingerprint density at radius 3 is 1.74 bits per heavy atom. The lowest BCUT2D eigenvalue weighted by Gasteiger charge is -2.41. The molecule has 1 saturated heterocycles. The first-order chi connectivity index (χ1) is 33.6. The number of nitrogens with zero attached hydrogens (tertiary/aromatic N) is 6. The minimum Gasteiger partial charge on any atom is -0.370 e. The van der Waals surface area contributed by atoms with Gasteiger partial charge in [0.05, 0.1) is 24.0 Å². The van der Waals surface area contributed by atoms with Gasteiger partial charge in [-0.15, -0.1) is 0 Å². The molecule has 15 heteroatoms. The molecular formula is C54H62N10O5. The summed E-state index contributed by atoms with van der Waals surface area (Å²) in [6.45, 7) is 3.08. The summed E-state index contributed by atoms with van der Waals surface area (Å²) in [6, 6.07) is 45.5. The molecule has 6 aromatic rings. The maximum atomic E-state index is 14.1. The second kappa shape index (κ2) is 22.5. The van der Waals surface area contributed by atoms with E-state index >= 15 is 0 Å². The summed E-state index contributed by atoms with van der Waals surface area (Å²) < 4.78 is 3.93. The Morgan fingerprint density at radius 1 is 0.652 bits per heavy atom. The van der Waals surface area contributed by atoms with Gasteiger partial charge in [-0.05, 0) is 77.6 Å². The van der Waals surface area contributed by atoms with Crippen LogP contribution in [0.2, 0.25) is 0 Å². The van der Waals surface area contributed by atoms with Gasteiger partial charge in [0.15, 0.2) is 5.96 Å². The molecule has 358 valence electrons. The Labute approximate surface area is 402 Å². The van der Waals surface area contributed by atoms with Crippen LogP contribution in [-0.4, -0.2) is 86.2 Å². The number of aliphatic imine (C=N–C) groups is 1. The number of aromatic nitrogens is 3. The van der Waals surface area contributed by atoms with Crippen molar-refractivity contribution in [2.45, 2.75) is 76.5 Å². The molecule has 2 aliphatic rings. The molecule has 69 heavy (non-hydrogen) atoms. The lowest BCUT2D eigenvalue weighted by Crippen LogP contribution is -2.51. The fourth-order valence-electron chi connectivity index (χ4n) is 9.99. The van der Waals surface area contributed by atoms with E-state index in [9.17, 15) is 24.0 Å². The molecule has 2 heterocycles. The second-order valence-electron chi connectivity index (χ2n) is 18.3. The van der Waals surface area contributed by atoms with Crippen molar-refractivity contribution in [2.24, 2.45) is 21.9 Å². The number of nitrogens with one attached hydrogen (secondary N) is 2. The van der Waals surface area contributed by atoms with Crippen molar-refractivity contribution >= 4 is 23.7 Å². The molecule has 15 nitrogen and oxygen atoms in total. The number of rotatable bonds is 19. The second-order valence-corrected chi connectivity index (χ2v) is 18.3. The van der Waals surface area contributed by atoms with E-state index in [2.05, 4.69) is 69.1 Å². The topological polar surface area (TPSA) is 195 Å². The molecule has 1 aliphatic carbocycles. The quantitative estimate of drug-likeness (QED) is 0.0480. The number of guanidine groups is 1. The number of hydrogen-bond donors (Lipinski definition) is 4. The van der Waals surface area contributed by atoms with Crippen LogP contribution in [-0.2, 0) is 27.5 Å². The van der Waals surface area contributed by atoms with E-state index in [0.29, 0.717) is 36.4 Å². The van der Waals surface area contributed by atoms with Crippen molar-refractivity contribution in [3.8, 4) is 11.4 Å². The fraction of sp³-hybridized carbons (Fsp3) is 0.333. The maximum absolute atomic E-state index is 14.1. The lowest BCUT2D eigenvalue weighted by molar-refractivity contribution is -0.137. The van der Waals surface area contributed by atoms with Crippen molar-refractivity contribution in [1.82, 2.24) is 34.4 Å². The molecule has 6 N–H and O–H groups in total. The van der Waals surface area contributed by atoms with E-state index in [1.54, 1.807) is 24.3 Å². The SMILES string of the molecule is NC(N)=NCCCC(NC(=O)CC1(CC(=O)N2CCN(C(c3ccccc3)c3ccccc3)CC2)CCCC1)C(=O)NCc1cccc(Cn2c(=O)n(-c3ccccc3)n(-c3ccccc3)c2=O)c1. The van der Waals surface area contributed by atoms with Crippen LogP contribution in [0.4, 0.5) is 0 Å². The third-order valence-electron chi connectivity index (χ3n) is 13.4. The average molecular weight is 931 g/mol. The Morgan fingerprint density at radius 2 is 1.19 bits per heavy atom. The predicted molar refractivity (Wildman–Crippen MR) is 268 cm³/mol. The number of benzene rings is 5. The van der Waals surface area contributed by atoms with Crippen LogP contribution < -0.4 is 33.5 Å². The van der Waals surface area contributed by atoms with Gasteiger partial charge in [-0.1, -0.05) is 134 Å². The van der Waals surface area contributed by atoms with Crippen LogP contribution >= 0.6 is 0 Å². The number of nitrogens with two attached hydrogens (primary N) is 2. The van der Waals surface area contributed by atoms with Gasteiger partial charge in [-0.2, -0.15) is 9.36 Å². The Bertz CT molecular complexity index is 2700. The van der Waals surface area contributed by atoms with E-state index < -0.39 is 22.8 Å². The molecule has 1 aliphatic heterocycles. The van der Waals surface area contributed by atoms with Gasteiger partial charge in [0, 0.05) is 52.1 Å². The Kier molecular flexibility index (Phi) is 15.6. The van der Waals surface area contributed by atoms with Crippen molar-refractivity contribution in [3.63, 3.8) is 0 Å². The average Bonchev–Trinajstić information content (AvgIpc) is 3.93. The first-order valence-corrected chi connectivity index (χ1v) is 24.0. The van der Waals surface area contributed by atoms with Gasteiger partial charge in [0.1, 0.15) is 6.04 Å². The summed E-state index contributed by atoms with van der Waals surface area (Å²) in [6.07, 6.45) is 4.53. The molecule has 1 aromatic heterocycles. The van der Waals surface area contributed by atoms with E-state index in [1.807, 2.05) is 77.7 Å². The summed E-state index contributed by atoms with van der Waals surface area (Å²) in [5.74, 6) is -0.644. The Hall–Kier alpha value is -7.52. The van der Waals surface area contributed by atoms with Crippen LogP contribution in [0.15, 0.2) is 160 Å². The molecule has 0 bridgehead atoms. The van der Waals surface area contributed by atoms with Crippen molar-refractivity contribution in [3.05, 3.63) is 189 Å². The molecule has 1 saturated carbocycles. The van der Waals surface area contributed by atoms with Gasteiger partial charge in [0.25, 0.3) is 0 Å². The Balaban J connectivity index is 0.907. The van der Waals surface area contributed by atoms with Crippen LogP contribution in [0.5, 0.6) is 0 Å². The number of carbonyl (C=O) groups is 3. The number of amides is 3. The number of para-hydroxylation sites is 2. The minimum absolute atomic E-state index is 0.000958. The highest BCUT2D eigenvalue weighted by Gasteiger charge is 2.40. The zero-order chi connectivity index (χ0) is 48.2. The molecule has 1 atom stereocenters. The van der Waals surface area contributed by atoms with E-state index in [1.165, 1.54) is 25.1 Å². The highest BCUT2D eigenvalue weighted by atomic mass is 16.2. The van der Waals surface area contributed by atoms with Crippen molar-refractivity contribution in [2.75, 3.05) is 32.7 Å². The molecular weight excluding hydrogens is 869 g/mol. The summed E-state index contributed by atoms with van der Waals surface area (Å²) >= 11 is 0. The largest absolute Gasteiger partial charge is 0.370 e. The van der Waals surface area contributed by atoms with E-state index in [-0.39, 0.29) is 68.6 Å². The van der Waals surface area contributed by atoms with Crippen LogP contribution in [0.1, 0.15) is 79.7 Å².